The Labute approximate surface area is 244 Å². The van der Waals surface area contributed by atoms with Crippen LogP contribution in [0.4, 0.5) is 5.69 Å². The highest BCUT2D eigenvalue weighted by Crippen LogP contribution is 2.35. The van der Waals surface area contributed by atoms with Crippen molar-refractivity contribution in [1.82, 2.24) is 10.2 Å². The Morgan fingerprint density at radius 1 is 0.923 bits per heavy atom. The summed E-state index contributed by atoms with van der Waals surface area (Å²) in [6.45, 7) is 5.13. The first-order valence-corrected chi connectivity index (χ1v) is 14.9. The van der Waals surface area contributed by atoms with Crippen molar-refractivity contribution in [2.24, 2.45) is 0 Å². The molecule has 0 spiro atoms. The van der Waals surface area contributed by atoms with Crippen LogP contribution in [0.25, 0.3) is 0 Å². The van der Waals surface area contributed by atoms with Crippen molar-refractivity contribution in [3.63, 3.8) is 0 Å². The van der Waals surface area contributed by atoms with Gasteiger partial charge in [-0.05, 0) is 56.2 Å². The molecule has 0 fully saturated rings. The highest BCUT2D eigenvalue weighted by Gasteiger charge is 2.33. The van der Waals surface area contributed by atoms with Gasteiger partial charge in [-0.25, -0.2) is 8.42 Å². The van der Waals surface area contributed by atoms with E-state index in [0.29, 0.717) is 23.6 Å². The van der Waals surface area contributed by atoms with E-state index >= 15 is 0 Å². The molecule has 0 unspecified atom stereocenters. The fourth-order valence-corrected chi connectivity index (χ4v) is 5.89. The van der Waals surface area contributed by atoms with Crippen LogP contribution in [0, 0.1) is 6.92 Å². The third-order valence-electron chi connectivity index (χ3n) is 6.10. The van der Waals surface area contributed by atoms with Crippen molar-refractivity contribution in [3.8, 4) is 0 Å². The SMILES string of the molecule is CCCNC(=O)[C@@H](C)N(Cc1ccccc1Cl)C(=O)CN(c1cccc(Cl)c1Cl)S(=O)(=O)c1ccc(C)cc1. The van der Waals surface area contributed by atoms with Gasteiger partial charge in [0.05, 0.1) is 20.6 Å². The predicted octanol–water partition coefficient (Wildman–Crippen LogP) is 6.09. The molecule has 208 valence electrons. The Hall–Kier alpha value is -2.78. The molecule has 3 aromatic carbocycles. The van der Waals surface area contributed by atoms with Crippen molar-refractivity contribution in [2.45, 2.75) is 44.7 Å². The van der Waals surface area contributed by atoms with Crippen LogP contribution in [0.1, 0.15) is 31.4 Å². The van der Waals surface area contributed by atoms with Crippen molar-refractivity contribution in [1.29, 1.82) is 0 Å². The molecule has 1 N–H and O–H groups in total. The highest BCUT2D eigenvalue weighted by molar-refractivity contribution is 7.92. The third kappa shape index (κ3) is 7.45. The van der Waals surface area contributed by atoms with Gasteiger partial charge in [0.2, 0.25) is 11.8 Å². The number of anilines is 1. The Kier molecular flexibility index (Phi) is 10.7. The Morgan fingerprint density at radius 3 is 2.21 bits per heavy atom. The normalized spacial score (nSPS) is 12.1. The van der Waals surface area contributed by atoms with Crippen LogP contribution < -0.4 is 9.62 Å². The van der Waals surface area contributed by atoms with E-state index in [4.69, 9.17) is 34.8 Å². The lowest BCUT2D eigenvalue weighted by Gasteiger charge is -2.32. The predicted molar refractivity (Wildman–Crippen MR) is 157 cm³/mol. The summed E-state index contributed by atoms with van der Waals surface area (Å²) >= 11 is 19.0. The molecule has 0 bridgehead atoms. The zero-order valence-corrected chi connectivity index (χ0v) is 24.9. The number of rotatable bonds is 11. The molecule has 7 nitrogen and oxygen atoms in total. The first-order valence-electron chi connectivity index (χ1n) is 12.3. The van der Waals surface area contributed by atoms with Gasteiger partial charge in [-0.2, -0.15) is 0 Å². The smallest absolute Gasteiger partial charge is 0.264 e. The fourth-order valence-electron chi connectivity index (χ4n) is 3.82. The zero-order chi connectivity index (χ0) is 28.7. The summed E-state index contributed by atoms with van der Waals surface area (Å²) in [6.07, 6.45) is 0.715. The Balaban J connectivity index is 2.07. The van der Waals surface area contributed by atoms with Crippen LogP contribution in [0.15, 0.2) is 71.6 Å². The lowest BCUT2D eigenvalue weighted by atomic mass is 10.1. The second-order valence-corrected chi connectivity index (χ2v) is 12.0. The summed E-state index contributed by atoms with van der Waals surface area (Å²) in [5, 5.41) is 3.32. The summed E-state index contributed by atoms with van der Waals surface area (Å²) in [6, 6.07) is 16.8. The van der Waals surface area contributed by atoms with Crippen LogP contribution in [0.3, 0.4) is 0 Å². The number of sulfonamides is 1. The van der Waals surface area contributed by atoms with Gasteiger partial charge in [0.25, 0.3) is 10.0 Å². The van der Waals surface area contributed by atoms with Crippen LogP contribution in [0.5, 0.6) is 0 Å². The van der Waals surface area contributed by atoms with E-state index in [1.165, 1.54) is 29.2 Å². The van der Waals surface area contributed by atoms with Gasteiger partial charge in [-0.1, -0.05) is 83.7 Å². The number of amides is 2. The second kappa shape index (κ2) is 13.5. The number of hydrogen-bond acceptors (Lipinski definition) is 4. The summed E-state index contributed by atoms with van der Waals surface area (Å²) in [5.41, 5.74) is 1.52. The fraction of sp³-hybridized carbons (Fsp3) is 0.286. The lowest BCUT2D eigenvalue weighted by molar-refractivity contribution is -0.139. The Morgan fingerprint density at radius 2 is 1.56 bits per heavy atom. The topological polar surface area (TPSA) is 86.8 Å². The van der Waals surface area contributed by atoms with Gasteiger partial charge in [-0.3, -0.25) is 13.9 Å². The van der Waals surface area contributed by atoms with Crippen LogP contribution in [-0.2, 0) is 26.2 Å². The van der Waals surface area contributed by atoms with E-state index in [1.807, 2.05) is 13.8 Å². The number of nitrogens with zero attached hydrogens (tertiary/aromatic N) is 2. The van der Waals surface area contributed by atoms with Crippen molar-refractivity contribution in [3.05, 3.63) is 92.9 Å². The minimum absolute atomic E-state index is 0.0130. The Bertz CT molecular complexity index is 1430. The first-order chi connectivity index (χ1) is 18.5. The molecule has 0 aliphatic heterocycles. The largest absolute Gasteiger partial charge is 0.354 e. The molecular weight excluding hydrogens is 581 g/mol. The van der Waals surface area contributed by atoms with Crippen molar-refractivity contribution >= 4 is 62.3 Å². The summed E-state index contributed by atoms with van der Waals surface area (Å²) < 4.78 is 28.7. The molecule has 0 radical (unpaired) electrons. The highest BCUT2D eigenvalue weighted by atomic mass is 35.5. The second-order valence-electron chi connectivity index (χ2n) is 8.98. The molecule has 0 aliphatic rings. The lowest BCUT2D eigenvalue weighted by Crippen LogP contribution is -2.51. The van der Waals surface area contributed by atoms with Crippen molar-refractivity contribution in [2.75, 3.05) is 17.4 Å². The summed E-state index contributed by atoms with van der Waals surface area (Å²) in [4.78, 5) is 28.1. The summed E-state index contributed by atoms with van der Waals surface area (Å²) in [5.74, 6) is -0.994. The van der Waals surface area contributed by atoms with E-state index in [0.717, 1.165) is 9.87 Å². The van der Waals surface area contributed by atoms with Crippen LogP contribution in [0.2, 0.25) is 15.1 Å². The zero-order valence-electron chi connectivity index (χ0n) is 21.8. The minimum atomic E-state index is -4.26. The molecule has 0 saturated heterocycles. The van der Waals surface area contributed by atoms with E-state index in [2.05, 4.69) is 5.32 Å². The van der Waals surface area contributed by atoms with E-state index in [9.17, 15) is 18.0 Å². The van der Waals surface area contributed by atoms with E-state index < -0.39 is 28.5 Å². The molecule has 0 aliphatic carbocycles. The number of halogens is 3. The van der Waals surface area contributed by atoms with Gasteiger partial charge < -0.3 is 10.2 Å². The molecule has 3 aromatic rings. The molecule has 0 saturated carbocycles. The molecular formula is C28H30Cl3N3O4S. The van der Waals surface area contributed by atoms with Gasteiger partial charge >= 0.3 is 0 Å². The van der Waals surface area contributed by atoms with Gasteiger partial charge in [-0.15, -0.1) is 0 Å². The van der Waals surface area contributed by atoms with Crippen molar-refractivity contribution < 1.29 is 18.0 Å². The number of nitrogens with one attached hydrogen (secondary N) is 1. The maximum absolute atomic E-state index is 13.9. The molecule has 11 heteroatoms. The van der Waals surface area contributed by atoms with Gasteiger partial charge in [0, 0.05) is 18.1 Å². The number of carbonyl (C=O) groups excluding carboxylic acids is 2. The van der Waals surface area contributed by atoms with Crippen LogP contribution in [-0.4, -0.2) is 44.3 Å². The number of aryl methyl sites for hydroxylation is 1. The van der Waals surface area contributed by atoms with Gasteiger partial charge in [0.15, 0.2) is 0 Å². The molecule has 3 rings (SSSR count). The number of hydrogen-bond donors (Lipinski definition) is 1. The quantitative estimate of drug-likeness (QED) is 0.285. The molecule has 1 atom stereocenters. The molecule has 0 aromatic heterocycles. The number of carbonyl (C=O) groups is 2. The monoisotopic (exact) mass is 609 g/mol. The maximum atomic E-state index is 13.9. The average molecular weight is 611 g/mol. The van der Waals surface area contributed by atoms with Crippen LogP contribution >= 0.6 is 34.8 Å². The standard InChI is InChI=1S/C28H30Cl3N3O4S/c1-4-16-32-28(36)20(3)33(17-21-8-5-6-9-23(21)29)26(35)18-34(25-11-7-10-24(30)27(25)31)39(37,38)22-14-12-19(2)13-15-22/h5-15,20H,4,16-18H2,1-3H3,(H,32,36)/t20-/m1/s1. The molecule has 39 heavy (non-hydrogen) atoms. The van der Waals surface area contributed by atoms with Gasteiger partial charge in [0.1, 0.15) is 12.6 Å². The maximum Gasteiger partial charge on any atom is 0.264 e. The van der Waals surface area contributed by atoms with E-state index in [1.54, 1.807) is 49.4 Å². The molecule has 2 amide bonds. The number of benzene rings is 3. The average Bonchev–Trinajstić information content (AvgIpc) is 2.91. The third-order valence-corrected chi connectivity index (χ3v) is 9.05. The molecule has 0 heterocycles. The summed E-state index contributed by atoms with van der Waals surface area (Å²) in [7, 11) is -4.26. The first kappa shape index (κ1) is 30.8. The minimum Gasteiger partial charge on any atom is -0.354 e. The van der Waals surface area contributed by atoms with E-state index in [-0.39, 0.29) is 33.1 Å².